The lowest BCUT2D eigenvalue weighted by Gasteiger charge is -2.33. The van der Waals surface area contributed by atoms with E-state index in [9.17, 15) is 14.7 Å². The molecule has 3 saturated heterocycles. The van der Waals surface area contributed by atoms with E-state index in [0.29, 0.717) is 31.3 Å². The van der Waals surface area contributed by atoms with Crippen LogP contribution in [0.5, 0.6) is 0 Å². The molecule has 3 aliphatic rings. The third-order valence-electron chi connectivity index (χ3n) is 5.89. The highest BCUT2D eigenvalue weighted by molar-refractivity contribution is 5.91. The van der Waals surface area contributed by atoms with Crippen molar-refractivity contribution in [2.75, 3.05) is 0 Å². The molecule has 0 aromatic heterocycles. The lowest BCUT2D eigenvalue weighted by atomic mass is 9.78. The van der Waals surface area contributed by atoms with Crippen molar-refractivity contribution in [1.29, 1.82) is 0 Å². The number of esters is 2. The van der Waals surface area contributed by atoms with Gasteiger partial charge in [0.2, 0.25) is 0 Å². The molecule has 0 aliphatic carbocycles. The fourth-order valence-corrected chi connectivity index (χ4v) is 4.25. The van der Waals surface area contributed by atoms with Gasteiger partial charge in [-0.25, -0.2) is 4.79 Å². The second kappa shape index (κ2) is 6.09. The summed E-state index contributed by atoms with van der Waals surface area (Å²) in [6.45, 7) is 11.3. The first kappa shape index (κ1) is 18.4. The molecule has 3 rings (SSSR count). The molecular formula is C19H28O6. The molecule has 6 heteroatoms. The summed E-state index contributed by atoms with van der Waals surface area (Å²) < 4.78 is 17.3. The Balaban J connectivity index is 1.97. The number of hydrogen-bond donors (Lipinski definition) is 1. The topological polar surface area (TPSA) is 82.1 Å². The molecule has 3 fully saturated rings. The van der Waals surface area contributed by atoms with Gasteiger partial charge < -0.3 is 19.3 Å². The number of rotatable bonds is 2. The average Bonchev–Trinajstić information content (AvgIpc) is 2.97. The van der Waals surface area contributed by atoms with Crippen molar-refractivity contribution >= 4 is 11.9 Å². The number of hydrogen-bond acceptors (Lipinski definition) is 6. The van der Waals surface area contributed by atoms with E-state index in [4.69, 9.17) is 14.2 Å². The minimum absolute atomic E-state index is 0.208. The SMILES string of the molecule is C=C1C(=O)O[C@@H]2C[C@H](C)[C@]3(O)CC[C@@](C)(C[C@@H](OC(=O)C(C)C)C12)O3. The highest BCUT2D eigenvalue weighted by atomic mass is 16.6. The number of aliphatic hydroxyl groups is 1. The maximum Gasteiger partial charge on any atom is 0.334 e. The maximum atomic E-state index is 12.2. The summed E-state index contributed by atoms with van der Waals surface area (Å²) in [7, 11) is 0. The van der Waals surface area contributed by atoms with Crippen molar-refractivity contribution in [3.05, 3.63) is 12.2 Å². The standard InChI is InChI=1S/C19H28O6/c1-10(2)16(20)24-14-9-18(5)6-7-19(22,25-18)11(3)8-13-15(14)12(4)17(21)23-13/h10-11,13-15,22H,4,6-9H2,1-3,5H3/t11-,13+,14+,15?,18-,19-/m0/s1. The Morgan fingerprint density at radius 2 is 2.08 bits per heavy atom. The molecule has 1 N–H and O–H groups in total. The molecule has 3 heterocycles. The molecule has 0 amide bonds. The lowest BCUT2D eigenvalue weighted by molar-refractivity contribution is -0.250. The van der Waals surface area contributed by atoms with Crippen LogP contribution >= 0.6 is 0 Å². The van der Waals surface area contributed by atoms with Gasteiger partial charge in [0.1, 0.15) is 12.2 Å². The molecule has 25 heavy (non-hydrogen) atoms. The molecular weight excluding hydrogens is 324 g/mol. The Kier molecular flexibility index (Phi) is 4.48. The van der Waals surface area contributed by atoms with Gasteiger partial charge in [-0.3, -0.25) is 4.79 Å². The van der Waals surface area contributed by atoms with Crippen molar-refractivity contribution < 1.29 is 28.9 Å². The Morgan fingerprint density at radius 3 is 2.72 bits per heavy atom. The zero-order valence-electron chi connectivity index (χ0n) is 15.4. The van der Waals surface area contributed by atoms with Gasteiger partial charge in [0.15, 0.2) is 5.79 Å². The van der Waals surface area contributed by atoms with E-state index in [1.165, 1.54) is 0 Å². The first-order chi connectivity index (χ1) is 11.5. The molecule has 140 valence electrons. The van der Waals surface area contributed by atoms with Crippen LogP contribution < -0.4 is 0 Å². The smallest absolute Gasteiger partial charge is 0.334 e. The van der Waals surface area contributed by atoms with E-state index in [1.807, 2.05) is 13.8 Å². The summed E-state index contributed by atoms with van der Waals surface area (Å²) >= 11 is 0. The third-order valence-corrected chi connectivity index (χ3v) is 5.89. The first-order valence-electron chi connectivity index (χ1n) is 9.07. The van der Waals surface area contributed by atoms with E-state index >= 15 is 0 Å². The molecule has 2 bridgehead atoms. The Bertz CT molecular complexity index is 599. The maximum absolute atomic E-state index is 12.2. The van der Waals surface area contributed by atoms with Crippen LogP contribution in [0.15, 0.2) is 12.2 Å². The van der Waals surface area contributed by atoms with E-state index < -0.39 is 35.5 Å². The zero-order valence-corrected chi connectivity index (χ0v) is 15.4. The summed E-state index contributed by atoms with van der Waals surface area (Å²) in [6, 6.07) is 0. The minimum Gasteiger partial charge on any atom is -0.461 e. The summed E-state index contributed by atoms with van der Waals surface area (Å²) in [5.41, 5.74) is -0.279. The van der Waals surface area contributed by atoms with E-state index in [2.05, 4.69) is 6.58 Å². The highest BCUT2D eigenvalue weighted by Gasteiger charge is 2.56. The largest absolute Gasteiger partial charge is 0.461 e. The number of ether oxygens (including phenoxy) is 3. The monoisotopic (exact) mass is 352 g/mol. The van der Waals surface area contributed by atoms with Crippen LogP contribution in [0.25, 0.3) is 0 Å². The first-order valence-corrected chi connectivity index (χ1v) is 9.07. The minimum atomic E-state index is -1.24. The fraction of sp³-hybridized carbons (Fsp3) is 0.789. The van der Waals surface area contributed by atoms with Crippen molar-refractivity contribution in [3.63, 3.8) is 0 Å². The van der Waals surface area contributed by atoms with Crippen LogP contribution in [0.2, 0.25) is 0 Å². The van der Waals surface area contributed by atoms with Gasteiger partial charge in [-0.15, -0.1) is 0 Å². The molecule has 0 spiro atoms. The van der Waals surface area contributed by atoms with Crippen molar-refractivity contribution in [1.82, 2.24) is 0 Å². The molecule has 0 aromatic carbocycles. The second-order valence-electron chi connectivity index (χ2n) is 8.36. The fourth-order valence-electron chi connectivity index (χ4n) is 4.25. The summed E-state index contributed by atoms with van der Waals surface area (Å²) in [4.78, 5) is 24.3. The molecule has 1 unspecified atom stereocenters. The third kappa shape index (κ3) is 3.22. The van der Waals surface area contributed by atoms with Crippen LogP contribution in [0.3, 0.4) is 0 Å². The number of carbonyl (C=O) groups excluding carboxylic acids is 2. The predicted molar refractivity (Wildman–Crippen MR) is 89.3 cm³/mol. The van der Waals surface area contributed by atoms with Crippen molar-refractivity contribution in [3.8, 4) is 0 Å². The number of carbonyl (C=O) groups is 2. The quantitative estimate of drug-likeness (QED) is 0.607. The molecule has 0 radical (unpaired) electrons. The normalized spacial score (nSPS) is 43.9. The predicted octanol–water partition coefficient (Wildman–Crippen LogP) is 2.34. The zero-order chi connectivity index (χ0) is 18.6. The Labute approximate surface area is 148 Å². The highest BCUT2D eigenvalue weighted by Crippen LogP contribution is 2.49. The summed E-state index contributed by atoms with van der Waals surface area (Å²) in [6.07, 6.45) is 1.01. The van der Waals surface area contributed by atoms with Gasteiger partial charge in [-0.05, 0) is 19.8 Å². The average molecular weight is 352 g/mol. The molecule has 0 aromatic rings. The van der Waals surface area contributed by atoms with Crippen LogP contribution in [-0.2, 0) is 23.8 Å². The molecule has 3 aliphatic heterocycles. The van der Waals surface area contributed by atoms with Gasteiger partial charge in [-0.2, -0.15) is 0 Å². The van der Waals surface area contributed by atoms with Crippen LogP contribution in [-0.4, -0.2) is 40.6 Å². The van der Waals surface area contributed by atoms with E-state index in [0.717, 1.165) is 0 Å². The van der Waals surface area contributed by atoms with Crippen LogP contribution in [0.1, 0.15) is 53.4 Å². The van der Waals surface area contributed by atoms with Crippen LogP contribution in [0, 0.1) is 17.8 Å². The van der Waals surface area contributed by atoms with Gasteiger partial charge >= 0.3 is 11.9 Å². The molecule has 0 saturated carbocycles. The Morgan fingerprint density at radius 1 is 1.40 bits per heavy atom. The Hall–Kier alpha value is -1.40. The van der Waals surface area contributed by atoms with Gasteiger partial charge in [0.05, 0.1) is 17.4 Å². The lowest BCUT2D eigenvalue weighted by Crippen LogP contribution is -2.40. The summed E-state index contributed by atoms with van der Waals surface area (Å²) in [5.74, 6) is -2.89. The van der Waals surface area contributed by atoms with E-state index in [-0.39, 0.29) is 17.8 Å². The molecule has 6 atom stereocenters. The summed E-state index contributed by atoms with van der Waals surface area (Å²) in [5, 5.41) is 10.9. The molecule has 6 nitrogen and oxygen atoms in total. The van der Waals surface area contributed by atoms with Gasteiger partial charge in [-0.1, -0.05) is 27.4 Å². The van der Waals surface area contributed by atoms with Crippen molar-refractivity contribution in [2.24, 2.45) is 17.8 Å². The van der Waals surface area contributed by atoms with Crippen molar-refractivity contribution in [2.45, 2.75) is 77.0 Å². The van der Waals surface area contributed by atoms with E-state index in [1.54, 1.807) is 13.8 Å². The van der Waals surface area contributed by atoms with Gasteiger partial charge in [0, 0.05) is 24.3 Å². The van der Waals surface area contributed by atoms with Gasteiger partial charge in [0.25, 0.3) is 0 Å². The van der Waals surface area contributed by atoms with Crippen LogP contribution in [0.4, 0.5) is 0 Å². The second-order valence-corrected chi connectivity index (χ2v) is 8.36. The number of fused-ring (bicyclic) bond motifs is 3.